The molecular formula is C16H20N2O3. The van der Waals surface area contributed by atoms with Crippen LogP contribution in [0.4, 0.5) is 0 Å². The van der Waals surface area contributed by atoms with Crippen molar-refractivity contribution in [1.82, 2.24) is 9.47 Å². The Morgan fingerprint density at radius 3 is 2.76 bits per heavy atom. The fourth-order valence-electron chi connectivity index (χ4n) is 2.89. The maximum atomic E-state index is 11.1. The summed E-state index contributed by atoms with van der Waals surface area (Å²) in [5.41, 5.74) is 1.66. The number of hydrogen-bond donors (Lipinski definition) is 1. The molecule has 1 aromatic carbocycles. The first-order chi connectivity index (χ1) is 10.3. The minimum Gasteiger partial charge on any atom is -0.390 e. The van der Waals surface area contributed by atoms with Gasteiger partial charge < -0.3 is 14.4 Å². The van der Waals surface area contributed by atoms with Crippen LogP contribution in [-0.4, -0.2) is 59.8 Å². The van der Waals surface area contributed by atoms with Crippen LogP contribution < -0.4 is 0 Å². The van der Waals surface area contributed by atoms with Crippen molar-refractivity contribution in [3.05, 3.63) is 36.0 Å². The van der Waals surface area contributed by atoms with Gasteiger partial charge >= 0.3 is 0 Å². The molecule has 0 amide bonds. The summed E-state index contributed by atoms with van der Waals surface area (Å²) in [7, 11) is 0. The van der Waals surface area contributed by atoms with Crippen molar-refractivity contribution in [1.29, 1.82) is 0 Å². The van der Waals surface area contributed by atoms with E-state index in [1.807, 2.05) is 35.0 Å². The molecule has 1 N–H and O–H groups in total. The van der Waals surface area contributed by atoms with Gasteiger partial charge in [-0.3, -0.25) is 9.69 Å². The number of ether oxygens (including phenoxy) is 1. The SMILES string of the molecule is O=Cc1cn(CC(O)CN2CCOCC2)c2ccccc12. The van der Waals surface area contributed by atoms with E-state index in [0.29, 0.717) is 18.7 Å². The van der Waals surface area contributed by atoms with Crippen molar-refractivity contribution < 1.29 is 14.6 Å². The fraction of sp³-hybridized carbons (Fsp3) is 0.438. The largest absolute Gasteiger partial charge is 0.390 e. The number of morpholine rings is 1. The number of aliphatic hydroxyl groups is 1. The maximum absolute atomic E-state index is 11.1. The molecule has 1 aliphatic heterocycles. The molecule has 0 radical (unpaired) electrons. The van der Waals surface area contributed by atoms with Crippen LogP contribution in [0.5, 0.6) is 0 Å². The number of aromatic nitrogens is 1. The van der Waals surface area contributed by atoms with Crippen molar-refractivity contribution in [2.75, 3.05) is 32.8 Å². The van der Waals surface area contributed by atoms with Crippen LogP contribution >= 0.6 is 0 Å². The minimum atomic E-state index is -0.460. The molecule has 2 heterocycles. The number of hydrogen-bond acceptors (Lipinski definition) is 4. The van der Waals surface area contributed by atoms with Crippen LogP contribution in [-0.2, 0) is 11.3 Å². The number of benzene rings is 1. The van der Waals surface area contributed by atoms with Crippen LogP contribution in [0, 0.1) is 0 Å². The maximum Gasteiger partial charge on any atom is 0.152 e. The van der Waals surface area contributed by atoms with E-state index in [4.69, 9.17) is 4.74 Å². The topological polar surface area (TPSA) is 54.7 Å². The lowest BCUT2D eigenvalue weighted by molar-refractivity contribution is 0.0117. The van der Waals surface area contributed by atoms with Crippen LogP contribution in [0.25, 0.3) is 10.9 Å². The van der Waals surface area contributed by atoms with Gasteiger partial charge in [0.05, 0.1) is 19.3 Å². The molecule has 0 saturated carbocycles. The average molecular weight is 288 g/mol. The van der Waals surface area contributed by atoms with E-state index in [1.54, 1.807) is 0 Å². The summed E-state index contributed by atoms with van der Waals surface area (Å²) in [6.07, 6.45) is 2.23. The zero-order valence-electron chi connectivity index (χ0n) is 11.9. The van der Waals surface area contributed by atoms with Gasteiger partial charge in [-0.05, 0) is 6.07 Å². The lowest BCUT2D eigenvalue weighted by Crippen LogP contribution is -2.41. The zero-order valence-corrected chi connectivity index (χ0v) is 11.9. The molecule has 2 aromatic rings. The summed E-state index contributed by atoms with van der Waals surface area (Å²) in [4.78, 5) is 13.3. The van der Waals surface area contributed by atoms with Crippen molar-refractivity contribution in [3.63, 3.8) is 0 Å². The van der Waals surface area contributed by atoms with Crippen LogP contribution in [0.3, 0.4) is 0 Å². The molecule has 1 atom stereocenters. The molecule has 3 rings (SSSR count). The molecule has 0 aliphatic carbocycles. The van der Waals surface area contributed by atoms with Crippen molar-refractivity contribution >= 4 is 17.2 Å². The number of β-amino-alcohol motifs (C(OH)–C–C–N with tert-alkyl or cyclic N) is 1. The number of nitrogens with zero attached hydrogens (tertiary/aromatic N) is 2. The third kappa shape index (κ3) is 3.15. The Hall–Kier alpha value is -1.69. The van der Waals surface area contributed by atoms with Crippen LogP contribution in [0.15, 0.2) is 30.5 Å². The predicted molar refractivity (Wildman–Crippen MR) is 80.6 cm³/mol. The number of aliphatic hydroxyl groups excluding tert-OH is 1. The van der Waals surface area contributed by atoms with E-state index in [0.717, 1.165) is 43.5 Å². The van der Waals surface area contributed by atoms with E-state index in [9.17, 15) is 9.90 Å². The van der Waals surface area contributed by atoms with E-state index < -0.39 is 6.10 Å². The normalized spacial score (nSPS) is 18.0. The molecule has 0 spiro atoms. The van der Waals surface area contributed by atoms with Gasteiger partial charge in [-0.25, -0.2) is 0 Å². The molecule has 0 bridgehead atoms. The Morgan fingerprint density at radius 1 is 1.24 bits per heavy atom. The highest BCUT2D eigenvalue weighted by Gasteiger charge is 2.16. The van der Waals surface area contributed by atoms with Gasteiger partial charge in [0.1, 0.15) is 0 Å². The smallest absolute Gasteiger partial charge is 0.152 e. The quantitative estimate of drug-likeness (QED) is 0.839. The van der Waals surface area contributed by atoms with Crippen molar-refractivity contribution in [2.24, 2.45) is 0 Å². The number of carbonyl (C=O) groups excluding carboxylic acids is 1. The summed E-state index contributed by atoms with van der Waals surface area (Å²) in [6.45, 7) is 4.31. The zero-order chi connectivity index (χ0) is 14.7. The third-order valence-corrected chi connectivity index (χ3v) is 3.93. The van der Waals surface area contributed by atoms with Gasteiger partial charge in [0.15, 0.2) is 6.29 Å². The number of rotatable bonds is 5. The Kier molecular flexibility index (Phi) is 4.34. The predicted octanol–water partition coefficient (Wildman–Crippen LogP) is 1.15. The number of carbonyl (C=O) groups is 1. The standard InChI is InChI=1S/C16H20N2O3/c19-12-13-9-18(16-4-2-1-3-15(13)16)11-14(20)10-17-5-7-21-8-6-17/h1-4,9,12,14,20H,5-8,10-11H2. The Balaban J connectivity index is 1.73. The second kappa shape index (κ2) is 6.39. The minimum absolute atomic E-state index is 0.460. The molecule has 21 heavy (non-hydrogen) atoms. The van der Waals surface area contributed by atoms with E-state index in [-0.39, 0.29) is 0 Å². The second-order valence-electron chi connectivity index (χ2n) is 5.44. The molecule has 112 valence electrons. The molecule has 1 fully saturated rings. The monoisotopic (exact) mass is 288 g/mol. The van der Waals surface area contributed by atoms with E-state index >= 15 is 0 Å². The highest BCUT2D eigenvalue weighted by Crippen LogP contribution is 2.20. The molecule has 5 nitrogen and oxygen atoms in total. The first-order valence-corrected chi connectivity index (χ1v) is 7.29. The molecule has 1 unspecified atom stereocenters. The lowest BCUT2D eigenvalue weighted by Gasteiger charge is -2.28. The summed E-state index contributed by atoms with van der Waals surface area (Å²) < 4.78 is 7.27. The van der Waals surface area contributed by atoms with Gasteiger partial charge in [-0.1, -0.05) is 18.2 Å². The first kappa shape index (κ1) is 14.3. The molecule has 5 heteroatoms. The van der Waals surface area contributed by atoms with E-state index in [2.05, 4.69) is 4.90 Å². The molecule has 1 aliphatic rings. The Morgan fingerprint density at radius 2 is 2.00 bits per heavy atom. The van der Waals surface area contributed by atoms with Crippen LogP contribution in [0.2, 0.25) is 0 Å². The summed E-state index contributed by atoms with van der Waals surface area (Å²) in [6, 6.07) is 7.78. The highest BCUT2D eigenvalue weighted by atomic mass is 16.5. The summed E-state index contributed by atoms with van der Waals surface area (Å²) in [5, 5.41) is 11.2. The molecule has 1 saturated heterocycles. The molecule has 1 aromatic heterocycles. The number of fused-ring (bicyclic) bond motifs is 1. The van der Waals surface area contributed by atoms with E-state index in [1.165, 1.54) is 0 Å². The van der Waals surface area contributed by atoms with Gasteiger partial charge in [-0.2, -0.15) is 0 Å². The number of aldehydes is 1. The van der Waals surface area contributed by atoms with Gasteiger partial charge in [-0.15, -0.1) is 0 Å². The number of para-hydroxylation sites is 1. The summed E-state index contributed by atoms with van der Waals surface area (Å²) >= 11 is 0. The average Bonchev–Trinajstić information content (AvgIpc) is 2.86. The summed E-state index contributed by atoms with van der Waals surface area (Å²) in [5.74, 6) is 0. The van der Waals surface area contributed by atoms with Crippen molar-refractivity contribution in [3.8, 4) is 0 Å². The second-order valence-corrected chi connectivity index (χ2v) is 5.44. The first-order valence-electron chi connectivity index (χ1n) is 7.29. The van der Waals surface area contributed by atoms with Gasteiger partial charge in [0.25, 0.3) is 0 Å². The van der Waals surface area contributed by atoms with Crippen molar-refractivity contribution in [2.45, 2.75) is 12.6 Å². The molecular weight excluding hydrogens is 268 g/mol. The fourth-order valence-corrected chi connectivity index (χ4v) is 2.89. The van der Waals surface area contributed by atoms with Gasteiger partial charge in [0.2, 0.25) is 0 Å². The lowest BCUT2D eigenvalue weighted by atomic mass is 10.2. The van der Waals surface area contributed by atoms with Gasteiger partial charge in [0, 0.05) is 48.8 Å². The Bertz CT molecular complexity index is 617. The van der Waals surface area contributed by atoms with Crippen LogP contribution in [0.1, 0.15) is 10.4 Å². The third-order valence-electron chi connectivity index (χ3n) is 3.93. The Labute approximate surface area is 123 Å². The highest BCUT2D eigenvalue weighted by molar-refractivity contribution is 5.97.